The summed E-state index contributed by atoms with van der Waals surface area (Å²) in [7, 11) is 0. The molecule has 1 aromatic heterocycles. The zero-order valence-electron chi connectivity index (χ0n) is 15.0. The van der Waals surface area contributed by atoms with E-state index in [2.05, 4.69) is 15.2 Å². The summed E-state index contributed by atoms with van der Waals surface area (Å²) < 4.78 is 41.5. The van der Waals surface area contributed by atoms with E-state index in [-0.39, 0.29) is 30.1 Å². The van der Waals surface area contributed by atoms with Gasteiger partial charge >= 0.3 is 6.36 Å². The third kappa shape index (κ3) is 5.93. The Labute approximate surface area is 163 Å². The van der Waals surface area contributed by atoms with Gasteiger partial charge in [-0.05, 0) is 29.3 Å². The minimum absolute atomic E-state index is 0.0533. The van der Waals surface area contributed by atoms with E-state index < -0.39 is 12.3 Å². The number of alkyl halides is 3. The van der Waals surface area contributed by atoms with Crippen LogP contribution in [0.25, 0.3) is 0 Å². The molecule has 0 radical (unpaired) electrons. The van der Waals surface area contributed by atoms with Crippen molar-refractivity contribution < 1.29 is 22.7 Å². The van der Waals surface area contributed by atoms with Gasteiger partial charge in [0.25, 0.3) is 11.5 Å². The van der Waals surface area contributed by atoms with Crippen LogP contribution >= 0.6 is 0 Å². The molecule has 0 fully saturated rings. The Hall–Kier alpha value is -3.62. The predicted molar refractivity (Wildman–Crippen MR) is 98.3 cm³/mol. The molecule has 0 atom stereocenters. The minimum Gasteiger partial charge on any atom is -0.406 e. The number of hydrogen-bond donors (Lipinski definition) is 1. The van der Waals surface area contributed by atoms with E-state index in [1.54, 1.807) is 0 Å². The average Bonchev–Trinajstić information content (AvgIpc) is 2.68. The largest absolute Gasteiger partial charge is 0.573 e. The molecule has 0 bridgehead atoms. The molecule has 0 spiro atoms. The SMILES string of the molecule is O=C(NCc1ccc(OC(F)(F)F)cc1)c1ccc(=O)n(Cc2ccccc2)n1. The van der Waals surface area contributed by atoms with Crippen molar-refractivity contribution in [2.75, 3.05) is 0 Å². The molecular weight excluding hydrogens is 387 g/mol. The summed E-state index contributed by atoms with van der Waals surface area (Å²) >= 11 is 0. The van der Waals surface area contributed by atoms with Crippen LogP contribution in [0.4, 0.5) is 13.2 Å². The zero-order valence-corrected chi connectivity index (χ0v) is 15.0. The first kappa shape index (κ1) is 20.1. The molecule has 3 rings (SSSR count). The molecule has 9 heteroatoms. The predicted octanol–water partition coefficient (Wildman–Crippen LogP) is 3.12. The normalized spacial score (nSPS) is 11.1. The van der Waals surface area contributed by atoms with Crippen LogP contribution in [0.5, 0.6) is 5.75 Å². The Balaban J connectivity index is 1.63. The van der Waals surface area contributed by atoms with Crippen molar-refractivity contribution in [1.29, 1.82) is 0 Å². The van der Waals surface area contributed by atoms with Gasteiger partial charge in [0.1, 0.15) is 11.4 Å². The molecule has 1 N–H and O–H groups in total. The number of carbonyl (C=O) groups is 1. The highest BCUT2D eigenvalue weighted by atomic mass is 19.4. The maximum absolute atomic E-state index is 12.3. The molecule has 150 valence electrons. The van der Waals surface area contributed by atoms with E-state index in [0.717, 1.165) is 17.7 Å². The second-order valence-corrected chi connectivity index (χ2v) is 6.07. The maximum atomic E-state index is 12.3. The smallest absolute Gasteiger partial charge is 0.406 e. The second-order valence-electron chi connectivity index (χ2n) is 6.07. The summed E-state index contributed by atoms with van der Waals surface area (Å²) in [6.45, 7) is 0.298. The monoisotopic (exact) mass is 403 g/mol. The molecule has 0 unspecified atom stereocenters. The summed E-state index contributed by atoms with van der Waals surface area (Å²) in [6.07, 6.45) is -4.76. The molecule has 29 heavy (non-hydrogen) atoms. The fraction of sp³-hybridized carbons (Fsp3) is 0.150. The van der Waals surface area contributed by atoms with Gasteiger partial charge in [-0.1, -0.05) is 42.5 Å². The Morgan fingerprint density at radius 1 is 0.966 bits per heavy atom. The van der Waals surface area contributed by atoms with E-state index >= 15 is 0 Å². The van der Waals surface area contributed by atoms with Crippen LogP contribution in [-0.4, -0.2) is 22.1 Å². The summed E-state index contributed by atoms with van der Waals surface area (Å²) in [5, 5.41) is 6.69. The van der Waals surface area contributed by atoms with Gasteiger partial charge in [0.05, 0.1) is 6.54 Å². The van der Waals surface area contributed by atoms with Gasteiger partial charge < -0.3 is 10.1 Å². The number of aromatic nitrogens is 2. The van der Waals surface area contributed by atoms with E-state index in [1.807, 2.05) is 30.3 Å². The summed E-state index contributed by atoms with van der Waals surface area (Å²) in [5.74, 6) is -0.857. The van der Waals surface area contributed by atoms with E-state index in [9.17, 15) is 22.8 Å². The molecule has 2 aromatic carbocycles. The van der Waals surface area contributed by atoms with Crippen LogP contribution in [-0.2, 0) is 13.1 Å². The van der Waals surface area contributed by atoms with Crippen LogP contribution in [0.2, 0.25) is 0 Å². The molecule has 0 aliphatic heterocycles. The van der Waals surface area contributed by atoms with Crippen molar-refractivity contribution >= 4 is 5.91 Å². The number of nitrogens with one attached hydrogen (secondary N) is 1. The number of halogens is 3. The highest BCUT2D eigenvalue weighted by Gasteiger charge is 2.30. The second kappa shape index (κ2) is 8.59. The van der Waals surface area contributed by atoms with Crippen molar-refractivity contribution in [1.82, 2.24) is 15.1 Å². The van der Waals surface area contributed by atoms with E-state index in [0.29, 0.717) is 5.56 Å². The molecule has 1 heterocycles. The van der Waals surface area contributed by atoms with Crippen molar-refractivity contribution in [3.63, 3.8) is 0 Å². The number of benzene rings is 2. The Kier molecular flexibility index (Phi) is 5.96. The lowest BCUT2D eigenvalue weighted by Gasteiger charge is -2.10. The number of amides is 1. The fourth-order valence-corrected chi connectivity index (χ4v) is 2.52. The third-order valence-corrected chi connectivity index (χ3v) is 3.88. The quantitative estimate of drug-likeness (QED) is 0.687. The first-order chi connectivity index (χ1) is 13.8. The average molecular weight is 403 g/mol. The molecule has 0 aliphatic carbocycles. The molecule has 3 aromatic rings. The topological polar surface area (TPSA) is 73.2 Å². The standard InChI is InChI=1S/C20H16F3N3O3/c21-20(22,23)29-16-8-6-14(7-9-16)12-24-19(28)17-10-11-18(27)26(25-17)13-15-4-2-1-3-5-15/h1-11H,12-13H2,(H,24,28). The van der Waals surface area contributed by atoms with Crippen molar-refractivity contribution in [2.45, 2.75) is 19.5 Å². The summed E-state index contributed by atoms with van der Waals surface area (Å²) in [5.41, 5.74) is 1.15. The van der Waals surface area contributed by atoms with Crippen molar-refractivity contribution in [3.05, 3.63) is 93.9 Å². The summed E-state index contributed by atoms with van der Waals surface area (Å²) in [6, 6.07) is 16.9. The first-order valence-electron chi connectivity index (χ1n) is 8.55. The lowest BCUT2D eigenvalue weighted by Crippen LogP contribution is -2.29. The van der Waals surface area contributed by atoms with E-state index in [1.165, 1.54) is 28.9 Å². The Morgan fingerprint density at radius 3 is 2.31 bits per heavy atom. The number of ether oxygens (including phenoxy) is 1. The van der Waals surface area contributed by atoms with Gasteiger partial charge in [-0.15, -0.1) is 13.2 Å². The molecule has 6 nitrogen and oxygen atoms in total. The van der Waals surface area contributed by atoms with Gasteiger partial charge in [0, 0.05) is 12.6 Å². The molecular formula is C20H16F3N3O3. The van der Waals surface area contributed by atoms with Gasteiger partial charge in [0.2, 0.25) is 0 Å². The first-order valence-corrected chi connectivity index (χ1v) is 8.55. The van der Waals surface area contributed by atoms with Gasteiger partial charge in [-0.2, -0.15) is 5.10 Å². The molecule has 0 saturated carbocycles. The number of carbonyl (C=O) groups excluding carboxylic acids is 1. The highest BCUT2D eigenvalue weighted by Crippen LogP contribution is 2.22. The van der Waals surface area contributed by atoms with Crippen LogP contribution < -0.4 is 15.6 Å². The third-order valence-electron chi connectivity index (χ3n) is 3.88. The van der Waals surface area contributed by atoms with Gasteiger partial charge in [-0.25, -0.2) is 4.68 Å². The van der Waals surface area contributed by atoms with Gasteiger partial charge in [0.15, 0.2) is 0 Å². The number of rotatable bonds is 6. The number of nitrogens with zero attached hydrogens (tertiary/aromatic N) is 2. The van der Waals surface area contributed by atoms with E-state index in [4.69, 9.17) is 0 Å². The lowest BCUT2D eigenvalue weighted by atomic mass is 10.2. The molecule has 0 aliphatic rings. The number of hydrogen-bond acceptors (Lipinski definition) is 4. The Bertz CT molecular complexity index is 1030. The van der Waals surface area contributed by atoms with Crippen LogP contribution in [0.3, 0.4) is 0 Å². The lowest BCUT2D eigenvalue weighted by molar-refractivity contribution is -0.274. The Morgan fingerprint density at radius 2 is 1.66 bits per heavy atom. The van der Waals surface area contributed by atoms with Crippen LogP contribution in [0.15, 0.2) is 71.5 Å². The van der Waals surface area contributed by atoms with Crippen LogP contribution in [0, 0.1) is 0 Å². The fourth-order valence-electron chi connectivity index (χ4n) is 2.52. The molecule has 0 saturated heterocycles. The maximum Gasteiger partial charge on any atom is 0.573 e. The molecule has 1 amide bonds. The van der Waals surface area contributed by atoms with Crippen LogP contribution in [0.1, 0.15) is 21.6 Å². The summed E-state index contributed by atoms with van der Waals surface area (Å²) in [4.78, 5) is 24.3. The van der Waals surface area contributed by atoms with Crippen molar-refractivity contribution in [2.24, 2.45) is 0 Å². The van der Waals surface area contributed by atoms with Crippen molar-refractivity contribution in [3.8, 4) is 5.75 Å². The van der Waals surface area contributed by atoms with Gasteiger partial charge in [-0.3, -0.25) is 9.59 Å². The minimum atomic E-state index is -4.76. The highest BCUT2D eigenvalue weighted by molar-refractivity contribution is 5.91. The zero-order chi connectivity index (χ0) is 20.9.